The van der Waals surface area contributed by atoms with Crippen molar-refractivity contribution in [3.63, 3.8) is 0 Å². The van der Waals surface area contributed by atoms with Crippen molar-refractivity contribution in [1.82, 2.24) is 10.2 Å². The summed E-state index contributed by atoms with van der Waals surface area (Å²) in [6, 6.07) is 10.5. The van der Waals surface area contributed by atoms with Crippen LogP contribution in [0.2, 0.25) is 10.0 Å². The van der Waals surface area contributed by atoms with E-state index in [0.717, 1.165) is 22.5 Å². The van der Waals surface area contributed by atoms with Crippen molar-refractivity contribution in [2.75, 3.05) is 24.2 Å². The van der Waals surface area contributed by atoms with Gasteiger partial charge >= 0.3 is 0 Å². The zero-order chi connectivity index (χ0) is 26.3. The van der Waals surface area contributed by atoms with Crippen LogP contribution in [0.25, 0.3) is 0 Å². The maximum Gasteiger partial charge on any atom is 0.244 e. The number of hydrogen-bond donors (Lipinski definition) is 1. The third kappa shape index (κ3) is 8.02. The van der Waals surface area contributed by atoms with E-state index in [1.54, 1.807) is 31.2 Å². The smallest absolute Gasteiger partial charge is 0.244 e. The first-order valence-corrected chi connectivity index (χ1v) is 13.6. The Kier molecular flexibility index (Phi) is 10.2. The highest BCUT2D eigenvalue weighted by Crippen LogP contribution is 2.30. The van der Waals surface area contributed by atoms with Crippen LogP contribution < -0.4 is 14.4 Å². The van der Waals surface area contributed by atoms with Gasteiger partial charge in [0.15, 0.2) is 0 Å². The molecule has 0 aromatic heterocycles. The second-order valence-electron chi connectivity index (χ2n) is 8.23. The molecule has 8 nitrogen and oxygen atoms in total. The number of carbonyl (C=O) groups excluding carboxylic acids is 2. The van der Waals surface area contributed by atoms with Crippen LogP contribution in [-0.2, 0) is 26.2 Å². The van der Waals surface area contributed by atoms with Crippen LogP contribution in [0.3, 0.4) is 0 Å². The highest BCUT2D eigenvalue weighted by atomic mass is 35.5. The lowest BCUT2D eigenvalue weighted by molar-refractivity contribution is -0.139. The van der Waals surface area contributed by atoms with Crippen LogP contribution in [0.1, 0.15) is 32.8 Å². The second kappa shape index (κ2) is 12.5. The van der Waals surface area contributed by atoms with Gasteiger partial charge in [0, 0.05) is 17.6 Å². The molecule has 0 aliphatic heterocycles. The molecule has 192 valence electrons. The summed E-state index contributed by atoms with van der Waals surface area (Å²) in [5.41, 5.74) is 0.835. The number of methoxy groups -OCH3 is 1. The van der Waals surface area contributed by atoms with Crippen molar-refractivity contribution < 1.29 is 22.7 Å². The summed E-state index contributed by atoms with van der Waals surface area (Å²) in [4.78, 5) is 27.8. The predicted octanol–water partition coefficient (Wildman–Crippen LogP) is 4.10. The third-order valence-corrected chi connectivity index (χ3v) is 7.18. The van der Waals surface area contributed by atoms with E-state index >= 15 is 0 Å². The number of anilines is 1. The number of benzene rings is 2. The van der Waals surface area contributed by atoms with Gasteiger partial charge in [-0.25, -0.2) is 8.42 Å². The Labute approximate surface area is 217 Å². The van der Waals surface area contributed by atoms with Crippen molar-refractivity contribution in [3.8, 4) is 5.75 Å². The number of nitrogens with one attached hydrogen (secondary N) is 1. The number of nitrogens with zero attached hydrogens (tertiary/aromatic N) is 2. The molecule has 2 aromatic rings. The average molecular weight is 545 g/mol. The lowest BCUT2D eigenvalue weighted by atomic mass is 10.1. The fourth-order valence-corrected chi connectivity index (χ4v) is 4.72. The number of rotatable bonds is 11. The Morgan fingerprint density at radius 3 is 2.37 bits per heavy atom. The minimum atomic E-state index is -3.90. The van der Waals surface area contributed by atoms with E-state index in [1.807, 2.05) is 13.8 Å². The number of halogens is 2. The van der Waals surface area contributed by atoms with E-state index in [4.69, 9.17) is 27.9 Å². The zero-order valence-electron chi connectivity index (χ0n) is 20.4. The van der Waals surface area contributed by atoms with Gasteiger partial charge in [-0.2, -0.15) is 0 Å². The molecule has 0 saturated carbocycles. The molecule has 2 aromatic carbocycles. The molecule has 0 aliphatic rings. The topological polar surface area (TPSA) is 96.0 Å². The van der Waals surface area contributed by atoms with E-state index in [-0.39, 0.29) is 29.2 Å². The highest BCUT2D eigenvalue weighted by Gasteiger charge is 2.31. The summed E-state index contributed by atoms with van der Waals surface area (Å²) in [6.45, 7) is 4.93. The summed E-state index contributed by atoms with van der Waals surface area (Å²) in [5.74, 6) is -0.320. The van der Waals surface area contributed by atoms with E-state index in [0.29, 0.717) is 10.8 Å². The summed E-state index contributed by atoms with van der Waals surface area (Å²) in [7, 11) is -2.36. The van der Waals surface area contributed by atoms with Crippen LogP contribution in [0, 0.1) is 0 Å². The van der Waals surface area contributed by atoms with Gasteiger partial charge in [-0.05, 0) is 56.2 Å². The molecular formula is C24H31Cl2N3O5S. The van der Waals surface area contributed by atoms with Gasteiger partial charge < -0.3 is 15.0 Å². The first kappa shape index (κ1) is 28.7. The first-order valence-electron chi connectivity index (χ1n) is 11.0. The van der Waals surface area contributed by atoms with Gasteiger partial charge in [0.2, 0.25) is 21.8 Å². The number of ether oxygens (including phenoxy) is 1. The van der Waals surface area contributed by atoms with Crippen molar-refractivity contribution in [3.05, 3.63) is 58.1 Å². The molecule has 2 rings (SSSR count). The van der Waals surface area contributed by atoms with Crippen molar-refractivity contribution in [2.45, 2.75) is 45.8 Å². The molecule has 0 bridgehead atoms. The number of carbonyl (C=O) groups is 2. The van der Waals surface area contributed by atoms with Crippen molar-refractivity contribution in [2.24, 2.45) is 0 Å². The molecule has 0 radical (unpaired) electrons. The minimum absolute atomic E-state index is 0.0665. The molecule has 2 amide bonds. The van der Waals surface area contributed by atoms with Crippen molar-refractivity contribution >= 4 is 50.7 Å². The molecule has 2 atom stereocenters. The molecule has 0 saturated heterocycles. The normalized spacial score (nSPS) is 13.0. The molecule has 35 heavy (non-hydrogen) atoms. The maximum atomic E-state index is 13.6. The van der Waals surface area contributed by atoms with Gasteiger partial charge in [0.25, 0.3) is 0 Å². The quantitative estimate of drug-likeness (QED) is 0.460. The first-order chi connectivity index (χ1) is 16.4. The van der Waals surface area contributed by atoms with Gasteiger partial charge in [-0.3, -0.25) is 13.9 Å². The van der Waals surface area contributed by atoms with E-state index < -0.39 is 28.5 Å². The van der Waals surface area contributed by atoms with Gasteiger partial charge in [0.05, 0.1) is 24.1 Å². The summed E-state index contributed by atoms with van der Waals surface area (Å²) in [6.07, 6.45) is 1.70. The minimum Gasteiger partial charge on any atom is -0.497 e. The lowest BCUT2D eigenvalue weighted by Gasteiger charge is -2.32. The van der Waals surface area contributed by atoms with Gasteiger partial charge in [-0.15, -0.1) is 0 Å². The largest absolute Gasteiger partial charge is 0.497 e. The Morgan fingerprint density at radius 1 is 1.11 bits per heavy atom. The van der Waals surface area contributed by atoms with Crippen LogP contribution >= 0.6 is 23.2 Å². The Bertz CT molecular complexity index is 1160. The van der Waals surface area contributed by atoms with Gasteiger partial charge in [0.1, 0.15) is 18.3 Å². The number of amides is 2. The SMILES string of the molecule is CC[C@@H](C)NC(=O)[C@H](C)N(Cc1cccc(OC)c1)C(=O)CN(c1ccc(Cl)cc1Cl)S(C)(=O)=O. The van der Waals surface area contributed by atoms with Gasteiger partial charge in [-0.1, -0.05) is 42.3 Å². The highest BCUT2D eigenvalue weighted by molar-refractivity contribution is 7.92. The molecule has 0 heterocycles. The monoisotopic (exact) mass is 543 g/mol. The summed E-state index contributed by atoms with van der Waals surface area (Å²) in [5, 5.41) is 3.29. The Morgan fingerprint density at radius 2 is 1.80 bits per heavy atom. The van der Waals surface area contributed by atoms with Crippen LogP contribution in [0.4, 0.5) is 5.69 Å². The van der Waals surface area contributed by atoms with Crippen LogP contribution in [-0.4, -0.2) is 57.1 Å². The van der Waals surface area contributed by atoms with Crippen molar-refractivity contribution in [1.29, 1.82) is 0 Å². The lowest BCUT2D eigenvalue weighted by Crippen LogP contribution is -2.52. The number of sulfonamides is 1. The van der Waals surface area contributed by atoms with Crippen LogP contribution in [0.15, 0.2) is 42.5 Å². The maximum absolute atomic E-state index is 13.6. The Hall–Kier alpha value is -2.49. The molecular weight excluding hydrogens is 513 g/mol. The standard InChI is InChI=1S/C24H31Cl2N3O5S/c1-6-16(2)27-24(31)17(3)28(14-18-8-7-9-20(12-18)34-4)23(30)15-29(35(5,32)33)22-11-10-19(25)13-21(22)26/h7-13,16-17H,6,14-15H2,1-5H3,(H,27,31)/t16-,17+/m1/s1. The molecule has 11 heteroatoms. The van der Waals surface area contributed by atoms with E-state index in [1.165, 1.54) is 30.2 Å². The second-order valence-corrected chi connectivity index (χ2v) is 11.0. The molecule has 0 spiro atoms. The Balaban J connectivity index is 2.43. The van der Waals surface area contributed by atoms with Crippen LogP contribution in [0.5, 0.6) is 5.75 Å². The average Bonchev–Trinajstić information content (AvgIpc) is 2.80. The summed E-state index contributed by atoms with van der Waals surface area (Å²) < 4.78 is 31.4. The molecule has 0 aliphatic carbocycles. The summed E-state index contributed by atoms with van der Waals surface area (Å²) >= 11 is 12.2. The predicted molar refractivity (Wildman–Crippen MR) is 140 cm³/mol. The van der Waals surface area contributed by atoms with E-state index in [2.05, 4.69) is 5.32 Å². The molecule has 0 fully saturated rings. The fourth-order valence-electron chi connectivity index (χ4n) is 3.29. The van der Waals surface area contributed by atoms with E-state index in [9.17, 15) is 18.0 Å². The molecule has 1 N–H and O–H groups in total. The fraction of sp³-hybridized carbons (Fsp3) is 0.417. The number of hydrogen-bond acceptors (Lipinski definition) is 5. The zero-order valence-corrected chi connectivity index (χ0v) is 22.7. The third-order valence-electron chi connectivity index (χ3n) is 5.51. The molecule has 0 unspecified atom stereocenters.